The van der Waals surface area contributed by atoms with E-state index in [4.69, 9.17) is 9.47 Å². The molecule has 1 aromatic carbocycles. The van der Waals surface area contributed by atoms with Gasteiger partial charge in [-0.15, -0.1) is 0 Å². The van der Waals surface area contributed by atoms with Crippen LogP contribution in [0.25, 0.3) is 0 Å². The molecule has 0 saturated carbocycles. The molecular weight excluding hydrogens is 328 g/mol. The Morgan fingerprint density at radius 2 is 2.07 bits per heavy atom. The summed E-state index contributed by atoms with van der Waals surface area (Å²) in [5, 5.41) is 0. The first-order valence-electron chi connectivity index (χ1n) is 4.30. The van der Waals surface area contributed by atoms with E-state index in [0.717, 1.165) is 4.47 Å². The molecule has 0 saturated heterocycles. The number of ether oxygens (including phenoxy) is 2. The summed E-state index contributed by atoms with van der Waals surface area (Å²) in [6.07, 6.45) is 0. The number of methoxy groups -OCH3 is 1. The predicted octanol–water partition coefficient (Wildman–Crippen LogP) is 3.40. The predicted molar refractivity (Wildman–Crippen MR) is 64.4 cm³/mol. The van der Waals surface area contributed by atoms with Gasteiger partial charge in [0.25, 0.3) is 0 Å². The van der Waals surface area contributed by atoms with Gasteiger partial charge in [0.2, 0.25) is 0 Å². The monoisotopic (exact) mass is 336 g/mol. The summed E-state index contributed by atoms with van der Waals surface area (Å²) in [6.45, 7) is 2.10. The number of rotatable bonds is 3. The van der Waals surface area contributed by atoms with E-state index >= 15 is 0 Å². The molecule has 0 amide bonds. The summed E-state index contributed by atoms with van der Waals surface area (Å²) in [6, 6.07) is 3.48. The fraction of sp³-hybridized carbons (Fsp3) is 0.300. The number of halogens is 2. The second kappa shape index (κ2) is 5.51. The van der Waals surface area contributed by atoms with Crippen molar-refractivity contribution in [2.24, 2.45) is 0 Å². The Morgan fingerprint density at radius 3 is 2.60 bits per heavy atom. The molecule has 3 nitrogen and oxygen atoms in total. The first-order chi connectivity index (χ1) is 7.10. The molecule has 0 aliphatic rings. The van der Waals surface area contributed by atoms with Gasteiger partial charge in [-0.05, 0) is 35.0 Å². The van der Waals surface area contributed by atoms with E-state index in [9.17, 15) is 4.79 Å². The van der Waals surface area contributed by atoms with Crippen LogP contribution in [0, 0.1) is 0 Å². The second-order valence-electron chi connectivity index (χ2n) is 2.69. The molecule has 82 valence electrons. The molecule has 5 heteroatoms. The minimum atomic E-state index is -0.392. The third-order valence-electron chi connectivity index (χ3n) is 1.71. The van der Waals surface area contributed by atoms with Crippen molar-refractivity contribution in [1.82, 2.24) is 0 Å². The second-order valence-corrected chi connectivity index (χ2v) is 4.46. The maximum Gasteiger partial charge on any atom is 0.341 e. The molecular formula is C10H10Br2O3. The van der Waals surface area contributed by atoms with Crippen molar-refractivity contribution in [1.29, 1.82) is 0 Å². The summed E-state index contributed by atoms with van der Waals surface area (Å²) in [7, 11) is 1.51. The van der Waals surface area contributed by atoms with Crippen LogP contribution in [-0.4, -0.2) is 19.7 Å². The molecule has 15 heavy (non-hydrogen) atoms. The number of carbonyl (C=O) groups is 1. The highest BCUT2D eigenvalue weighted by molar-refractivity contribution is 9.11. The van der Waals surface area contributed by atoms with Gasteiger partial charge in [0, 0.05) is 4.47 Å². The van der Waals surface area contributed by atoms with Crippen molar-refractivity contribution in [3.63, 3.8) is 0 Å². The number of hydrogen-bond donors (Lipinski definition) is 0. The lowest BCUT2D eigenvalue weighted by Crippen LogP contribution is -2.07. The Kier molecular flexibility index (Phi) is 4.60. The van der Waals surface area contributed by atoms with Gasteiger partial charge >= 0.3 is 5.97 Å². The lowest BCUT2D eigenvalue weighted by molar-refractivity contribution is 0.0522. The fourth-order valence-electron chi connectivity index (χ4n) is 1.13. The van der Waals surface area contributed by atoms with Crippen LogP contribution in [0.2, 0.25) is 0 Å². The first kappa shape index (κ1) is 12.5. The average Bonchev–Trinajstić information content (AvgIpc) is 2.17. The Balaban J connectivity index is 3.20. The highest BCUT2D eigenvalue weighted by atomic mass is 79.9. The maximum atomic E-state index is 11.6. The molecule has 0 aliphatic heterocycles. The van der Waals surface area contributed by atoms with Crippen LogP contribution in [0.4, 0.5) is 0 Å². The number of benzene rings is 1. The van der Waals surface area contributed by atoms with Crippen molar-refractivity contribution in [3.8, 4) is 5.75 Å². The quantitative estimate of drug-likeness (QED) is 0.793. The van der Waals surface area contributed by atoms with Gasteiger partial charge in [0.05, 0.1) is 18.2 Å². The van der Waals surface area contributed by atoms with Crippen molar-refractivity contribution < 1.29 is 14.3 Å². The van der Waals surface area contributed by atoms with Gasteiger partial charge in [-0.1, -0.05) is 15.9 Å². The first-order valence-corrected chi connectivity index (χ1v) is 5.89. The summed E-state index contributed by atoms with van der Waals surface area (Å²) < 4.78 is 11.6. The van der Waals surface area contributed by atoms with Crippen molar-refractivity contribution >= 4 is 37.8 Å². The number of hydrogen-bond acceptors (Lipinski definition) is 3. The maximum absolute atomic E-state index is 11.6. The van der Waals surface area contributed by atoms with Gasteiger partial charge in [-0.2, -0.15) is 0 Å². The molecule has 0 spiro atoms. The molecule has 0 heterocycles. The van der Waals surface area contributed by atoms with Crippen LogP contribution in [0.3, 0.4) is 0 Å². The lowest BCUT2D eigenvalue weighted by Gasteiger charge is -2.10. The van der Waals surface area contributed by atoms with Crippen LogP contribution in [0.15, 0.2) is 21.1 Å². The molecule has 0 aliphatic carbocycles. The Labute approximate surface area is 105 Å². The van der Waals surface area contributed by atoms with Crippen LogP contribution in [0.1, 0.15) is 17.3 Å². The van der Waals surface area contributed by atoms with E-state index in [0.29, 0.717) is 22.4 Å². The highest BCUT2D eigenvalue weighted by Crippen LogP contribution is 2.32. The van der Waals surface area contributed by atoms with E-state index in [-0.39, 0.29) is 0 Å². The molecule has 0 aromatic heterocycles. The van der Waals surface area contributed by atoms with E-state index in [2.05, 4.69) is 31.9 Å². The Hall–Kier alpha value is -0.550. The molecule has 0 radical (unpaired) electrons. The van der Waals surface area contributed by atoms with E-state index < -0.39 is 5.97 Å². The highest BCUT2D eigenvalue weighted by Gasteiger charge is 2.16. The number of esters is 1. The molecule has 0 bridgehead atoms. The van der Waals surface area contributed by atoms with Gasteiger partial charge in [0.1, 0.15) is 11.3 Å². The summed E-state index contributed by atoms with van der Waals surface area (Å²) >= 11 is 6.62. The average molecular weight is 338 g/mol. The van der Waals surface area contributed by atoms with Crippen LogP contribution in [-0.2, 0) is 4.74 Å². The molecule has 0 fully saturated rings. The van der Waals surface area contributed by atoms with Gasteiger partial charge in [0.15, 0.2) is 0 Å². The largest absolute Gasteiger partial charge is 0.495 e. The summed E-state index contributed by atoms with van der Waals surface area (Å²) in [5.41, 5.74) is 0.403. The van der Waals surface area contributed by atoms with Crippen molar-refractivity contribution in [2.75, 3.05) is 13.7 Å². The lowest BCUT2D eigenvalue weighted by atomic mass is 10.2. The standard InChI is InChI=1S/C10H10Br2O3/c1-3-15-10(13)7-4-6(11)5-8(12)9(7)14-2/h4-5H,3H2,1-2H3. The molecule has 0 N–H and O–H groups in total. The third-order valence-corrected chi connectivity index (χ3v) is 2.75. The minimum Gasteiger partial charge on any atom is -0.495 e. The van der Waals surface area contributed by atoms with Crippen LogP contribution in [0.5, 0.6) is 5.75 Å². The topological polar surface area (TPSA) is 35.5 Å². The van der Waals surface area contributed by atoms with Gasteiger partial charge in [-0.25, -0.2) is 4.79 Å². The fourth-order valence-corrected chi connectivity index (χ4v) is 2.52. The zero-order chi connectivity index (χ0) is 11.4. The number of carbonyl (C=O) groups excluding carboxylic acids is 1. The minimum absolute atomic E-state index is 0.339. The molecule has 1 rings (SSSR count). The van der Waals surface area contributed by atoms with Crippen molar-refractivity contribution in [2.45, 2.75) is 6.92 Å². The molecule has 1 aromatic rings. The SMILES string of the molecule is CCOC(=O)c1cc(Br)cc(Br)c1OC. The van der Waals surface area contributed by atoms with Crippen LogP contribution >= 0.6 is 31.9 Å². The van der Waals surface area contributed by atoms with E-state index in [1.54, 1.807) is 13.0 Å². The third kappa shape index (κ3) is 2.95. The normalized spacial score (nSPS) is 9.87. The van der Waals surface area contributed by atoms with E-state index in [1.807, 2.05) is 6.07 Å². The zero-order valence-electron chi connectivity index (χ0n) is 8.34. The van der Waals surface area contributed by atoms with Crippen molar-refractivity contribution in [3.05, 3.63) is 26.6 Å². The summed E-state index contributed by atoms with van der Waals surface area (Å²) in [5.74, 6) is 0.0907. The van der Waals surface area contributed by atoms with Gasteiger partial charge in [-0.3, -0.25) is 0 Å². The molecule has 0 atom stereocenters. The van der Waals surface area contributed by atoms with E-state index in [1.165, 1.54) is 7.11 Å². The molecule has 0 unspecified atom stereocenters. The van der Waals surface area contributed by atoms with Crippen LogP contribution < -0.4 is 4.74 Å². The zero-order valence-corrected chi connectivity index (χ0v) is 11.5. The summed E-state index contributed by atoms with van der Waals surface area (Å²) in [4.78, 5) is 11.6. The smallest absolute Gasteiger partial charge is 0.341 e. The Bertz CT molecular complexity index is 377. The Morgan fingerprint density at radius 1 is 1.40 bits per heavy atom. The van der Waals surface area contributed by atoms with Gasteiger partial charge < -0.3 is 9.47 Å².